The number of benzene rings is 2. The average Bonchev–Trinajstić information content (AvgIpc) is 3.30. The standard InChI is InChI=1S/C24H28N4O6S/c1-4-14(2)22(24(31)32)25-12-20(29)27-28-21(30)13-34-17-10-9-15(11-18(17)33-3)23-26-16-7-5-6-8-19(16)35-23/h5-11,14,22,25H,4,12-13H2,1-3H3,(H,27,29)(H,28,30)(H,31,32)/t14-,22-/m0/s1. The molecule has 35 heavy (non-hydrogen) atoms. The number of hydrogen-bond acceptors (Lipinski definition) is 8. The van der Waals surface area contributed by atoms with Gasteiger partial charge >= 0.3 is 5.97 Å². The van der Waals surface area contributed by atoms with E-state index in [9.17, 15) is 19.5 Å². The number of carbonyl (C=O) groups is 3. The van der Waals surface area contributed by atoms with Gasteiger partial charge in [0.1, 0.15) is 11.0 Å². The number of aliphatic carboxylic acids is 1. The van der Waals surface area contributed by atoms with Crippen molar-refractivity contribution >= 4 is 39.3 Å². The molecule has 2 aromatic carbocycles. The first-order chi connectivity index (χ1) is 16.8. The van der Waals surface area contributed by atoms with Crippen molar-refractivity contribution in [3.63, 3.8) is 0 Å². The summed E-state index contributed by atoms with van der Waals surface area (Å²) in [6, 6.07) is 12.3. The average molecular weight is 501 g/mol. The van der Waals surface area contributed by atoms with Gasteiger partial charge in [0.05, 0.1) is 23.9 Å². The molecule has 3 aromatic rings. The Morgan fingerprint density at radius 3 is 2.51 bits per heavy atom. The number of fused-ring (bicyclic) bond motifs is 1. The molecule has 4 N–H and O–H groups in total. The number of thiazole rings is 1. The van der Waals surface area contributed by atoms with E-state index in [2.05, 4.69) is 21.2 Å². The van der Waals surface area contributed by atoms with Gasteiger partial charge in [0.15, 0.2) is 18.1 Å². The Balaban J connectivity index is 1.51. The predicted octanol–water partition coefficient (Wildman–Crippen LogP) is 2.59. The van der Waals surface area contributed by atoms with Crippen LogP contribution in [0.15, 0.2) is 42.5 Å². The Morgan fingerprint density at radius 2 is 1.83 bits per heavy atom. The van der Waals surface area contributed by atoms with Crippen molar-refractivity contribution in [2.45, 2.75) is 26.3 Å². The summed E-state index contributed by atoms with van der Waals surface area (Å²) in [5.74, 6) is -1.56. The molecular formula is C24H28N4O6S. The number of ether oxygens (including phenoxy) is 2. The van der Waals surface area contributed by atoms with Gasteiger partial charge in [-0.25, -0.2) is 4.98 Å². The number of rotatable bonds is 11. The van der Waals surface area contributed by atoms with E-state index in [0.717, 1.165) is 20.8 Å². The Labute approximate surface area is 206 Å². The summed E-state index contributed by atoms with van der Waals surface area (Å²) in [5.41, 5.74) is 6.24. The van der Waals surface area contributed by atoms with E-state index < -0.39 is 23.8 Å². The Kier molecular flexibility index (Phi) is 8.98. The smallest absolute Gasteiger partial charge is 0.320 e. The van der Waals surface area contributed by atoms with Crippen LogP contribution in [-0.2, 0) is 14.4 Å². The van der Waals surface area contributed by atoms with Crippen LogP contribution in [0.1, 0.15) is 20.3 Å². The van der Waals surface area contributed by atoms with Crippen molar-refractivity contribution < 1.29 is 29.0 Å². The van der Waals surface area contributed by atoms with Gasteiger partial charge in [-0.1, -0.05) is 32.4 Å². The lowest BCUT2D eigenvalue weighted by atomic mass is 9.99. The molecule has 2 amide bonds. The molecule has 0 unspecified atom stereocenters. The molecule has 186 valence electrons. The fraction of sp³-hybridized carbons (Fsp3) is 0.333. The first kappa shape index (κ1) is 25.9. The molecule has 1 heterocycles. The summed E-state index contributed by atoms with van der Waals surface area (Å²) in [6.45, 7) is 3.02. The summed E-state index contributed by atoms with van der Waals surface area (Å²) < 4.78 is 12.0. The van der Waals surface area contributed by atoms with Gasteiger partial charge in [0.2, 0.25) is 0 Å². The van der Waals surface area contributed by atoms with Crippen molar-refractivity contribution in [1.29, 1.82) is 0 Å². The predicted molar refractivity (Wildman–Crippen MR) is 132 cm³/mol. The first-order valence-corrected chi connectivity index (χ1v) is 11.8. The summed E-state index contributed by atoms with van der Waals surface area (Å²) in [4.78, 5) is 40.0. The van der Waals surface area contributed by atoms with E-state index >= 15 is 0 Å². The Hall–Kier alpha value is -3.70. The molecule has 0 bridgehead atoms. The highest BCUT2D eigenvalue weighted by Crippen LogP contribution is 2.35. The Morgan fingerprint density at radius 1 is 1.09 bits per heavy atom. The van der Waals surface area contributed by atoms with Gasteiger partial charge in [-0.3, -0.25) is 30.6 Å². The van der Waals surface area contributed by atoms with Gasteiger partial charge in [-0.15, -0.1) is 11.3 Å². The van der Waals surface area contributed by atoms with Gasteiger partial charge < -0.3 is 14.6 Å². The molecule has 10 nitrogen and oxygen atoms in total. The number of amides is 2. The van der Waals surface area contributed by atoms with E-state index in [4.69, 9.17) is 9.47 Å². The highest BCUT2D eigenvalue weighted by atomic mass is 32.1. The van der Waals surface area contributed by atoms with E-state index in [1.807, 2.05) is 37.3 Å². The fourth-order valence-electron chi connectivity index (χ4n) is 3.25. The maximum atomic E-state index is 12.1. The molecule has 11 heteroatoms. The normalized spacial score (nSPS) is 12.5. The molecule has 0 fully saturated rings. The van der Waals surface area contributed by atoms with Crippen molar-refractivity contribution in [3.05, 3.63) is 42.5 Å². The highest BCUT2D eigenvalue weighted by Gasteiger charge is 2.23. The maximum absolute atomic E-state index is 12.1. The summed E-state index contributed by atoms with van der Waals surface area (Å²) >= 11 is 1.56. The molecule has 0 saturated carbocycles. The van der Waals surface area contributed by atoms with Crippen LogP contribution in [0.25, 0.3) is 20.8 Å². The van der Waals surface area contributed by atoms with Crippen molar-refractivity contribution in [3.8, 4) is 22.1 Å². The van der Waals surface area contributed by atoms with Gasteiger partial charge in [-0.05, 0) is 36.2 Å². The van der Waals surface area contributed by atoms with E-state index in [-0.39, 0.29) is 19.1 Å². The van der Waals surface area contributed by atoms with Crippen molar-refractivity contribution in [1.82, 2.24) is 21.2 Å². The number of methoxy groups -OCH3 is 1. The van der Waals surface area contributed by atoms with Crippen LogP contribution in [0, 0.1) is 5.92 Å². The third-order valence-electron chi connectivity index (χ3n) is 5.37. The van der Waals surface area contributed by atoms with Crippen LogP contribution in [0.4, 0.5) is 0 Å². The van der Waals surface area contributed by atoms with Gasteiger partial charge in [0.25, 0.3) is 11.8 Å². The van der Waals surface area contributed by atoms with Crippen LogP contribution in [-0.4, -0.2) is 54.2 Å². The molecule has 0 aliphatic carbocycles. The largest absolute Gasteiger partial charge is 0.493 e. The van der Waals surface area contributed by atoms with Crippen LogP contribution in [0.3, 0.4) is 0 Å². The second kappa shape index (κ2) is 12.1. The minimum Gasteiger partial charge on any atom is -0.493 e. The van der Waals surface area contributed by atoms with Crippen molar-refractivity contribution in [2.75, 3.05) is 20.3 Å². The second-order valence-electron chi connectivity index (χ2n) is 7.82. The summed E-state index contributed by atoms with van der Waals surface area (Å²) in [7, 11) is 1.50. The first-order valence-electron chi connectivity index (χ1n) is 11.0. The van der Waals surface area contributed by atoms with Crippen molar-refractivity contribution in [2.24, 2.45) is 5.92 Å². The number of nitrogens with zero attached hydrogens (tertiary/aromatic N) is 1. The van der Waals surface area contributed by atoms with Gasteiger partial charge in [-0.2, -0.15) is 0 Å². The van der Waals surface area contributed by atoms with Crippen LogP contribution in [0.5, 0.6) is 11.5 Å². The van der Waals surface area contributed by atoms with Crippen LogP contribution >= 0.6 is 11.3 Å². The quantitative estimate of drug-likeness (QED) is 0.295. The molecule has 0 radical (unpaired) electrons. The number of hydrazine groups is 1. The number of para-hydroxylation sites is 1. The maximum Gasteiger partial charge on any atom is 0.320 e. The summed E-state index contributed by atoms with van der Waals surface area (Å²) in [5, 5.41) is 12.8. The van der Waals surface area contributed by atoms with Gasteiger partial charge in [0, 0.05) is 5.56 Å². The summed E-state index contributed by atoms with van der Waals surface area (Å²) in [6.07, 6.45) is 0.644. The lowest BCUT2D eigenvalue weighted by Crippen LogP contribution is -2.50. The van der Waals surface area contributed by atoms with E-state index in [1.54, 1.807) is 30.4 Å². The zero-order valence-electron chi connectivity index (χ0n) is 19.7. The molecular weight excluding hydrogens is 472 g/mol. The molecule has 0 aliphatic heterocycles. The number of carboxylic acids is 1. The Bertz CT molecular complexity index is 1160. The third kappa shape index (κ3) is 6.90. The third-order valence-corrected chi connectivity index (χ3v) is 6.45. The highest BCUT2D eigenvalue weighted by molar-refractivity contribution is 7.21. The molecule has 0 aliphatic rings. The minimum absolute atomic E-state index is 0.153. The SMILES string of the molecule is CC[C@H](C)[C@H](NCC(=O)NNC(=O)COc1ccc(-c2nc3ccccc3s2)cc1OC)C(=O)O. The number of aromatic nitrogens is 1. The lowest BCUT2D eigenvalue weighted by molar-refractivity contribution is -0.141. The monoisotopic (exact) mass is 500 g/mol. The zero-order valence-corrected chi connectivity index (χ0v) is 20.5. The molecule has 2 atom stereocenters. The number of carbonyl (C=O) groups excluding carboxylic acids is 2. The molecule has 0 spiro atoms. The van der Waals surface area contributed by atoms with Crippen LogP contribution in [0.2, 0.25) is 0 Å². The van der Waals surface area contributed by atoms with Crippen LogP contribution < -0.4 is 25.6 Å². The lowest BCUT2D eigenvalue weighted by Gasteiger charge is -2.19. The molecule has 1 aromatic heterocycles. The number of carboxylic acid groups (broad SMARTS) is 1. The van der Waals surface area contributed by atoms with E-state index in [0.29, 0.717) is 17.9 Å². The number of nitrogens with one attached hydrogen (secondary N) is 3. The molecule has 3 rings (SSSR count). The second-order valence-corrected chi connectivity index (χ2v) is 8.85. The van der Waals surface area contributed by atoms with E-state index in [1.165, 1.54) is 7.11 Å². The fourth-order valence-corrected chi connectivity index (χ4v) is 4.21. The minimum atomic E-state index is -1.03. The topological polar surface area (TPSA) is 139 Å². The zero-order chi connectivity index (χ0) is 25.4. The number of hydrogen-bond donors (Lipinski definition) is 4. The molecule has 0 saturated heterocycles.